The minimum Gasteiger partial charge on any atom is -0.271 e. The van der Waals surface area contributed by atoms with Crippen LogP contribution in [0.4, 0.5) is 0 Å². The first kappa shape index (κ1) is 19.9. The molecule has 156 valence electrons. The van der Waals surface area contributed by atoms with E-state index in [0.717, 1.165) is 10.2 Å². The molecule has 0 aliphatic carbocycles. The Balaban J connectivity index is 1.54. The molecule has 0 radical (unpaired) electrons. The zero-order valence-electron chi connectivity index (χ0n) is 16.5. The van der Waals surface area contributed by atoms with Gasteiger partial charge in [-0.1, -0.05) is 48.5 Å². The molecule has 0 aliphatic heterocycles. The van der Waals surface area contributed by atoms with Gasteiger partial charge in [0.2, 0.25) is 0 Å². The van der Waals surface area contributed by atoms with Gasteiger partial charge in [-0.15, -0.1) is 5.10 Å². The lowest BCUT2D eigenvalue weighted by molar-refractivity contribution is -0.125. The molecular formula is C20H18N8O3. The van der Waals surface area contributed by atoms with Gasteiger partial charge in [0.1, 0.15) is 12.4 Å². The summed E-state index contributed by atoms with van der Waals surface area (Å²) in [7, 11) is 1.46. The van der Waals surface area contributed by atoms with Gasteiger partial charge >= 0.3 is 0 Å². The van der Waals surface area contributed by atoms with Crippen LogP contribution in [0.5, 0.6) is 0 Å². The number of amides is 2. The number of rotatable bonds is 5. The molecule has 31 heavy (non-hydrogen) atoms. The summed E-state index contributed by atoms with van der Waals surface area (Å²) in [4.78, 5) is 37.8. The zero-order chi connectivity index (χ0) is 21.8. The fourth-order valence-corrected chi connectivity index (χ4v) is 3.18. The number of hydrogen-bond acceptors (Lipinski definition) is 7. The summed E-state index contributed by atoms with van der Waals surface area (Å²) in [5, 5.41) is 15.8. The summed E-state index contributed by atoms with van der Waals surface area (Å²) < 4.78 is 2.40. The molecule has 2 aromatic carbocycles. The summed E-state index contributed by atoms with van der Waals surface area (Å²) in [5.41, 5.74) is 5.36. The topological polar surface area (TPSA) is 137 Å². The number of fused-ring (bicyclic) bond motifs is 1. The van der Waals surface area contributed by atoms with Crippen molar-refractivity contribution in [1.82, 2.24) is 40.8 Å². The maximum atomic E-state index is 12.8. The van der Waals surface area contributed by atoms with Crippen molar-refractivity contribution in [3.8, 4) is 0 Å². The van der Waals surface area contributed by atoms with Crippen LogP contribution in [-0.4, -0.2) is 41.8 Å². The van der Waals surface area contributed by atoms with E-state index in [2.05, 4.69) is 31.5 Å². The second-order valence-electron chi connectivity index (χ2n) is 6.76. The predicted molar refractivity (Wildman–Crippen MR) is 110 cm³/mol. The quantitative estimate of drug-likeness (QED) is 0.441. The van der Waals surface area contributed by atoms with Crippen molar-refractivity contribution in [2.45, 2.75) is 12.5 Å². The summed E-state index contributed by atoms with van der Waals surface area (Å²) >= 11 is 0. The molecule has 1 unspecified atom stereocenters. The molecule has 2 N–H and O–H groups in total. The number of hydrazine groups is 1. The number of nitrogens with zero attached hydrogens (tertiary/aromatic N) is 6. The van der Waals surface area contributed by atoms with Crippen molar-refractivity contribution in [3.63, 3.8) is 0 Å². The van der Waals surface area contributed by atoms with Crippen molar-refractivity contribution >= 4 is 22.6 Å². The molecule has 11 nitrogen and oxygen atoms in total. The molecule has 0 saturated heterocycles. The molecule has 2 amide bonds. The van der Waals surface area contributed by atoms with Gasteiger partial charge in [-0.2, -0.15) is 5.10 Å². The highest BCUT2D eigenvalue weighted by molar-refractivity contribution is 6.05. The second-order valence-corrected chi connectivity index (χ2v) is 6.76. The van der Waals surface area contributed by atoms with Crippen LogP contribution in [-0.2, 0) is 18.3 Å². The van der Waals surface area contributed by atoms with Crippen LogP contribution in [0.1, 0.15) is 22.1 Å². The van der Waals surface area contributed by atoms with E-state index in [1.165, 1.54) is 18.1 Å². The smallest absolute Gasteiger partial charge is 0.271 e. The van der Waals surface area contributed by atoms with E-state index in [9.17, 15) is 14.4 Å². The Morgan fingerprint density at radius 1 is 1.00 bits per heavy atom. The van der Waals surface area contributed by atoms with Gasteiger partial charge in [0.15, 0.2) is 5.69 Å². The average molecular weight is 418 g/mol. The molecule has 2 heterocycles. The van der Waals surface area contributed by atoms with E-state index in [0.29, 0.717) is 17.2 Å². The van der Waals surface area contributed by atoms with Crippen LogP contribution >= 0.6 is 0 Å². The highest BCUT2D eigenvalue weighted by Gasteiger charge is 2.24. The van der Waals surface area contributed by atoms with Gasteiger partial charge in [-0.3, -0.25) is 25.2 Å². The molecule has 0 saturated carbocycles. The lowest BCUT2D eigenvalue weighted by atomic mass is 10.1. The minimum absolute atomic E-state index is 0.0139. The lowest BCUT2D eigenvalue weighted by Crippen LogP contribution is -2.46. The number of tetrazole rings is 1. The van der Waals surface area contributed by atoms with E-state index in [-0.39, 0.29) is 11.3 Å². The third-order valence-electron chi connectivity index (χ3n) is 4.73. The average Bonchev–Trinajstić information content (AvgIpc) is 3.33. The largest absolute Gasteiger partial charge is 0.290 e. The molecule has 0 bridgehead atoms. The van der Waals surface area contributed by atoms with Gasteiger partial charge in [-0.25, -0.2) is 9.36 Å². The van der Waals surface area contributed by atoms with Crippen molar-refractivity contribution < 1.29 is 9.59 Å². The number of hydrogen-bond donors (Lipinski definition) is 2. The van der Waals surface area contributed by atoms with Crippen molar-refractivity contribution in [2.24, 2.45) is 7.05 Å². The molecular weight excluding hydrogens is 400 g/mol. The third kappa shape index (κ3) is 4.15. The standard InChI is InChI=1S/C20H18N8O3/c1-27-20(31)15-10-6-5-9-14(15)17(24-27)19(30)23-22-18(29)16(28-12-21-25-26-28)11-13-7-3-2-4-8-13/h2-10,12,16H,11H2,1H3,(H,22,29)(H,23,30). The number of nitrogens with one attached hydrogen (secondary N) is 2. The maximum absolute atomic E-state index is 12.8. The Bertz CT molecular complexity index is 1290. The number of aromatic nitrogens is 6. The van der Waals surface area contributed by atoms with E-state index >= 15 is 0 Å². The monoisotopic (exact) mass is 418 g/mol. The van der Waals surface area contributed by atoms with Crippen LogP contribution in [0.15, 0.2) is 65.7 Å². The van der Waals surface area contributed by atoms with Crippen molar-refractivity contribution in [1.29, 1.82) is 0 Å². The maximum Gasteiger partial charge on any atom is 0.290 e. The predicted octanol–water partition coefficient (Wildman–Crippen LogP) is 0.165. The first-order chi connectivity index (χ1) is 15.0. The molecule has 2 aromatic heterocycles. The van der Waals surface area contributed by atoms with E-state index in [1.807, 2.05) is 30.3 Å². The van der Waals surface area contributed by atoms with Crippen molar-refractivity contribution in [3.05, 3.63) is 82.5 Å². The highest BCUT2D eigenvalue weighted by atomic mass is 16.2. The fraction of sp³-hybridized carbons (Fsp3) is 0.150. The number of benzene rings is 2. The van der Waals surface area contributed by atoms with Crippen LogP contribution in [0.25, 0.3) is 10.8 Å². The van der Waals surface area contributed by atoms with Crippen molar-refractivity contribution in [2.75, 3.05) is 0 Å². The third-order valence-corrected chi connectivity index (χ3v) is 4.73. The minimum atomic E-state index is -0.789. The van der Waals surface area contributed by atoms with Gasteiger partial charge < -0.3 is 0 Å². The first-order valence-electron chi connectivity index (χ1n) is 9.37. The van der Waals surface area contributed by atoms with Crippen LogP contribution in [0.3, 0.4) is 0 Å². The van der Waals surface area contributed by atoms with Gasteiger partial charge in [0.05, 0.1) is 5.39 Å². The van der Waals surface area contributed by atoms with Crippen LogP contribution < -0.4 is 16.4 Å². The fourth-order valence-electron chi connectivity index (χ4n) is 3.18. The summed E-state index contributed by atoms with van der Waals surface area (Å²) in [6.07, 6.45) is 1.64. The second kappa shape index (κ2) is 8.53. The number of carbonyl (C=O) groups excluding carboxylic acids is 2. The summed E-state index contributed by atoms with van der Waals surface area (Å²) in [6.45, 7) is 0. The van der Waals surface area contributed by atoms with Crippen LogP contribution in [0.2, 0.25) is 0 Å². The van der Waals surface area contributed by atoms with Crippen LogP contribution in [0, 0.1) is 0 Å². The van der Waals surface area contributed by atoms with E-state index < -0.39 is 17.9 Å². The van der Waals surface area contributed by atoms with E-state index in [4.69, 9.17) is 0 Å². The number of carbonyl (C=O) groups is 2. The SMILES string of the molecule is Cn1nc(C(=O)NNC(=O)C(Cc2ccccc2)n2cnnn2)c2ccccc2c1=O. The molecule has 0 aliphatic rings. The Hall–Kier alpha value is -4.41. The zero-order valence-corrected chi connectivity index (χ0v) is 16.5. The summed E-state index contributed by atoms with van der Waals surface area (Å²) in [6, 6.07) is 15.2. The number of aryl methyl sites for hydroxylation is 1. The lowest BCUT2D eigenvalue weighted by Gasteiger charge is -2.17. The molecule has 0 fully saturated rings. The Morgan fingerprint density at radius 2 is 1.71 bits per heavy atom. The molecule has 1 atom stereocenters. The van der Waals surface area contributed by atoms with E-state index in [1.54, 1.807) is 24.3 Å². The Labute approximate surface area is 175 Å². The van der Waals surface area contributed by atoms with Gasteiger partial charge in [-0.05, 0) is 22.1 Å². The Morgan fingerprint density at radius 3 is 2.42 bits per heavy atom. The van der Waals surface area contributed by atoms with Gasteiger partial charge in [0, 0.05) is 18.9 Å². The highest BCUT2D eigenvalue weighted by Crippen LogP contribution is 2.14. The molecule has 4 aromatic rings. The molecule has 11 heteroatoms. The normalized spacial score (nSPS) is 11.8. The molecule has 4 rings (SSSR count). The molecule has 0 spiro atoms. The Kier molecular flexibility index (Phi) is 5.47. The first-order valence-corrected chi connectivity index (χ1v) is 9.37. The summed E-state index contributed by atoms with van der Waals surface area (Å²) in [5.74, 6) is -1.17. The van der Waals surface area contributed by atoms with Gasteiger partial charge in [0.25, 0.3) is 17.4 Å².